The molecule has 2 heterocycles. The van der Waals surface area contributed by atoms with Gasteiger partial charge in [0.05, 0.1) is 12.2 Å². The quantitative estimate of drug-likeness (QED) is 0.464. The van der Waals surface area contributed by atoms with Crippen LogP contribution < -0.4 is 5.73 Å². The number of thiazole rings is 1. The smallest absolute Gasteiger partial charge is 0.191 e. The summed E-state index contributed by atoms with van der Waals surface area (Å²) in [6.45, 7) is 9.22. The molecule has 4 nitrogen and oxygen atoms in total. The number of guanidine groups is 1. The minimum atomic E-state index is 0. The molecule has 1 saturated heterocycles. The second kappa shape index (κ2) is 7.59. The average Bonchev–Trinajstić information content (AvgIpc) is 2.86. The molecular formula is C14H25IN4S. The van der Waals surface area contributed by atoms with Gasteiger partial charge in [-0.1, -0.05) is 20.8 Å². The lowest BCUT2D eigenvalue weighted by atomic mass is 9.93. The van der Waals surface area contributed by atoms with E-state index >= 15 is 0 Å². The number of piperidine rings is 1. The summed E-state index contributed by atoms with van der Waals surface area (Å²) in [6.07, 6.45) is 3.76. The molecule has 2 rings (SSSR count). The summed E-state index contributed by atoms with van der Waals surface area (Å²) in [5.74, 6) is 0.673. The van der Waals surface area contributed by atoms with Crippen molar-refractivity contribution in [1.29, 1.82) is 0 Å². The van der Waals surface area contributed by atoms with Gasteiger partial charge in [-0.25, -0.2) is 9.98 Å². The molecule has 0 unspecified atom stereocenters. The third kappa shape index (κ3) is 4.87. The van der Waals surface area contributed by atoms with Crippen LogP contribution in [0.4, 0.5) is 0 Å². The molecule has 0 amide bonds. The summed E-state index contributed by atoms with van der Waals surface area (Å²) in [4.78, 5) is 11.3. The van der Waals surface area contributed by atoms with Crippen LogP contribution in [0.2, 0.25) is 0 Å². The van der Waals surface area contributed by atoms with Gasteiger partial charge in [-0.2, -0.15) is 0 Å². The number of halogens is 1. The number of hydrogen-bond donors (Lipinski definition) is 1. The SMILES string of the molecule is CC(C)(C)c1csc(CN=C(N)N2CCCCC2)n1.I. The first-order chi connectivity index (χ1) is 8.97. The first-order valence-corrected chi connectivity index (χ1v) is 7.84. The van der Waals surface area contributed by atoms with Crippen molar-refractivity contribution in [2.75, 3.05) is 13.1 Å². The van der Waals surface area contributed by atoms with Crippen LogP contribution in [-0.4, -0.2) is 28.9 Å². The molecule has 1 aliphatic rings. The molecule has 1 aromatic heterocycles. The van der Waals surface area contributed by atoms with Gasteiger partial charge in [-0.05, 0) is 19.3 Å². The van der Waals surface area contributed by atoms with Gasteiger partial charge in [0.2, 0.25) is 0 Å². The molecule has 0 aliphatic carbocycles. The zero-order valence-corrected chi connectivity index (χ0v) is 15.7. The van der Waals surface area contributed by atoms with Crippen LogP contribution in [0.25, 0.3) is 0 Å². The largest absolute Gasteiger partial charge is 0.370 e. The molecule has 6 heteroatoms. The molecule has 0 radical (unpaired) electrons. The molecule has 1 aromatic rings. The lowest BCUT2D eigenvalue weighted by Crippen LogP contribution is -2.40. The van der Waals surface area contributed by atoms with Gasteiger partial charge >= 0.3 is 0 Å². The number of aliphatic imine (C=N–C) groups is 1. The van der Waals surface area contributed by atoms with Gasteiger partial charge in [0.15, 0.2) is 5.96 Å². The van der Waals surface area contributed by atoms with E-state index in [-0.39, 0.29) is 29.4 Å². The van der Waals surface area contributed by atoms with Crippen LogP contribution in [0.15, 0.2) is 10.4 Å². The van der Waals surface area contributed by atoms with Gasteiger partial charge < -0.3 is 10.6 Å². The second-order valence-electron chi connectivity index (χ2n) is 6.10. The predicted octanol–water partition coefficient (Wildman–Crippen LogP) is 3.36. The normalized spacial score (nSPS) is 16.9. The van der Waals surface area contributed by atoms with Crippen molar-refractivity contribution in [1.82, 2.24) is 9.88 Å². The van der Waals surface area contributed by atoms with E-state index in [2.05, 4.69) is 41.0 Å². The standard InChI is InChI=1S/C14H24N4S.HI/c1-14(2,3)11-10-19-12(17-11)9-16-13(15)18-7-5-4-6-8-18;/h10H,4-9H2,1-3H3,(H2,15,16);1H. The lowest BCUT2D eigenvalue weighted by Gasteiger charge is -2.27. The average molecular weight is 408 g/mol. The molecule has 0 spiro atoms. The molecule has 0 bridgehead atoms. The molecule has 0 aromatic carbocycles. The zero-order chi connectivity index (χ0) is 13.9. The predicted molar refractivity (Wildman–Crippen MR) is 97.0 cm³/mol. The Morgan fingerprint density at radius 1 is 1.35 bits per heavy atom. The summed E-state index contributed by atoms with van der Waals surface area (Å²) >= 11 is 1.67. The van der Waals surface area contributed by atoms with Gasteiger partial charge in [-0.3, -0.25) is 0 Å². The van der Waals surface area contributed by atoms with Crippen LogP contribution in [0.1, 0.15) is 50.7 Å². The molecule has 0 saturated carbocycles. The number of aromatic nitrogens is 1. The maximum atomic E-state index is 6.04. The van der Waals surface area contributed by atoms with E-state index in [1.807, 2.05) is 0 Å². The molecule has 20 heavy (non-hydrogen) atoms. The first-order valence-electron chi connectivity index (χ1n) is 6.96. The summed E-state index contributed by atoms with van der Waals surface area (Å²) in [6, 6.07) is 0. The number of hydrogen-bond acceptors (Lipinski definition) is 3. The van der Waals surface area contributed by atoms with Crippen molar-refractivity contribution in [2.24, 2.45) is 10.7 Å². The Bertz CT molecular complexity index is 444. The molecule has 114 valence electrons. The third-order valence-corrected chi connectivity index (χ3v) is 4.21. The van der Waals surface area contributed by atoms with E-state index in [0.717, 1.165) is 23.8 Å². The number of likely N-dealkylation sites (tertiary alicyclic amines) is 1. The van der Waals surface area contributed by atoms with Crippen LogP contribution in [-0.2, 0) is 12.0 Å². The molecule has 1 fully saturated rings. The van der Waals surface area contributed by atoms with Gasteiger partial charge in [0.25, 0.3) is 0 Å². The van der Waals surface area contributed by atoms with Crippen molar-refractivity contribution in [3.05, 3.63) is 16.1 Å². The van der Waals surface area contributed by atoms with Crippen LogP contribution in [0, 0.1) is 0 Å². The van der Waals surface area contributed by atoms with Crippen LogP contribution >= 0.6 is 35.3 Å². The van der Waals surface area contributed by atoms with Crippen molar-refractivity contribution < 1.29 is 0 Å². The van der Waals surface area contributed by atoms with Gasteiger partial charge in [0.1, 0.15) is 5.01 Å². The summed E-state index contributed by atoms with van der Waals surface area (Å²) in [7, 11) is 0. The molecule has 1 aliphatic heterocycles. The van der Waals surface area contributed by atoms with Crippen molar-refractivity contribution in [3.8, 4) is 0 Å². The van der Waals surface area contributed by atoms with Crippen molar-refractivity contribution in [3.63, 3.8) is 0 Å². The fourth-order valence-electron chi connectivity index (χ4n) is 2.10. The van der Waals surface area contributed by atoms with Crippen LogP contribution in [0.3, 0.4) is 0 Å². The van der Waals surface area contributed by atoms with Gasteiger partial charge in [-0.15, -0.1) is 35.3 Å². The Morgan fingerprint density at radius 2 is 2.00 bits per heavy atom. The highest BCUT2D eigenvalue weighted by atomic mass is 127. The summed E-state index contributed by atoms with van der Waals surface area (Å²) in [5.41, 5.74) is 7.29. The van der Waals surface area contributed by atoms with E-state index in [0.29, 0.717) is 12.5 Å². The van der Waals surface area contributed by atoms with E-state index < -0.39 is 0 Å². The summed E-state index contributed by atoms with van der Waals surface area (Å²) in [5, 5.41) is 3.17. The van der Waals surface area contributed by atoms with Crippen molar-refractivity contribution >= 4 is 41.3 Å². The van der Waals surface area contributed by atoms with E-state index in [4.69, 9.17) is 5.73 Å². The first kappa shape index (κ1) is 17.7. The highest BCUT2D eigenvalue weighted by molar-refractivity contribution is 14.0. The maximum Gasteiger partial charge on any atom is 0.191 e. The van der Waals surface area contributed by atoms with E-state index in [9.17, 15) is 0 Å². The Balaban J connectivity index is 0.00000200. The third-order valence-electron chi connectivity index (χ3n) is 3.38. The summed E-state index contributed by atoms with van der Waals surface area (Å²) < 4.78 is 0. The number of rotatable bonds is 2. The minimum absolute atomic E-state index is 0. The highest BCUT2D eigenvalue weighted by Gasteiger charge is 2.17. The second-order valence-corrected chi connectivity index (χ2v) is 7.04. The Kier molecular flexibility index (Phi) is 6.71. The number of nitrogens with zero attached hydrogens (tertiary/aromatic N) is 3. The van der Waals surface area contributed by atoms with Crippen molar-refractivity contribution in [2.45, 2.75) is 52.0 Å². The Labute approximate surface area is 142 Å². The van der Waals surface area contributed by atoms with Crippen LogP contribution in [0.5, 0.6) is 0 Å². The molecular weight excluding hydrogens is 383 g/mol. The minimum Gasteiger partial charge on any atom is -0.370 e. The number of nitrogens with two attached hydrogens (primary N) is 1. The fourth-order valence-corrected chi connectivity index (χ4v) is 3.04. The maximum absolute atomic E-state index is 6.04. The zero-order valence-electron chi connectivity index (χ0n) is 12.6. The molecule has 2 N–H and O–H groups in total. The van der Waals surface area contributed by atoms with E-state index in [1.54, 1.807) is 11.3 Å². The lowest BCUT2D eigenvalue weighted by molar-refractivity contribution is 0.338. The van der Waals surface area contributed by atoms with Gasteiger partial charge in [0, 0.05) is 23.9 Å². The Hall–Kier alpha value is -0.370. The highest BCUT2D eigenvalue weighted by Crippen LogP contribution is 2.24. The Morgan fingerprint density at radius 3 is 2.55 bits per heavy atom. The molecule has 0 atom stereocenters. The topological polar surface area (TPSA) is 54.5 Å². The fraction of sp³-hybridized carbons (Fsp3) is 0.714. The monoisotopic (exact) mass is 408 g/mol. The van der Waals surface area contributed by atoms with E-state index in [1.165, 1.54) is 19.3 Å².